The highest BCUT2D eigenvalue weighted by Crippen LogP contribution is 2.34. The van der Waals surface area contributed by atoms with Crippen molar-refractivity contribution in [1.29, 1.82) is 0 Å². The monoisotopic (exact) mass is 408 g/mol. The summed E-state index contributed by atoms with van der Waals surface area (Å²) in [5.74, 6) is 0.180. The molecular formula is C18H18ClFN4O2S. The summed E-state index contributed by atoms with van der Waals surface area (Å²) in [7, 11) is -3.03. The van der Waals surface area contributed by atoms with Crippen molar-refractivity contribution in [3.05, 3.63) is 52.8 Å². The molecule has 1 fully saturated rings. The second-order valence-corrected chi connectivity index (χ2v) is 9.37. The summed E-state index contributed by atoms with van der Waals surface area (Å²) < 4.78 is 41.6. The van der Waals surface area contributed by atoms with Gasteiger partial charge in [0.25, 0.3) is 0 Å². The van der Waals surface area contributed by atoms with Crippen molar-refractivity contribution >= 4 is 21.4 Å². The molecule has 9 heteroatoms. The summed E-state index contributed by atoms with van der Waals surface area (Å²) in [6.07, 6.45) is 3.85. The Morgan fingerprint density at radius 3 is 2.74 bits per heavy atom. The number of hydrogen-bond donors (Lipinski definition) is 0. The second-order valence-electron chi connectivity index (χ2n) is 6.74. The Kier molecular flexibility index (Phi) is 4.35. The van der Waals surface area contributed by atoms with Crippen LogP contribution in [0.1, 0.15) is 23.9 Å². The number of halogens is 2. The van der Waals surface area contributed by atoms with Crippen molar-refractivity contribution in [2.24, 2.45) is 0 Å². The highest BCUT2D eigenvalue weighted by Gasteiger charge is 2.32. The number of imidazole rings is 1. The van der Waals surface area contributed by atoms with Gasteiger partial charge < -0.3 is 0 Å². The summed E-state index contributed by atoms with van der Waals surface area (Å²) >= 11 is 6.22. The lowest BCUT2D eigenvalue weighted by Crippen LogP contribution is -2.14. The number of sulfone groups is 1. The van der Waals surface area contributed by atoms with E-state index >= 15 is 0 Å². The molecule has 1 aliphatic rings. The molecule has 1 aliphatic heterocycles. The molecule has 1 unspecified atom stereocenters. The first kappa shape index (κ1) is 18.2. The standard InChI is InChI=1S/C18H18ClFN4O2S/c1-11-17(12(2)24(22-11)13-6-9-27(25,26)10-13)23-8-7-21-18(23)16-14(19)4-3-5-15(16)20/h3-5,7-8,13H,6,9-10H2,1-2H3. The van der Waals surface area contributed by atoms with Crippen LogP contribution in [-0.4, -0.2) is 39.3 Å². The van der Waals surface area contributed by atoms with Crippen LogP contribution >= 0.6 is 11.6 Å². The van der Waals surface area contributed by atoms with Crippen molar-refractivity contribution in [2.45, 2.75) is 26.3 Å². The number of aromatic nitrogens is 4. The molecule has 0 bridgehead atoms. The van der Waals surface area contributed by atoms with Crippen LogP contribution in [0.3, 0.4) is 0 Å². The van der Waals surface area contributed by atoms with E-state index in [4.69, 9.17) is 11.6 Å². The maximum absolute atomic E-state index is 14.4. The summed E-state index contributed by atoms with van der Waals surface area (Å²) in [4.78, 5) is 4.30. The molecular weight excluding hydrogens is 391 g/mol. The average molecular weight is 409 g/mol. The minimum absolute atomic E-state index is 0.0876. The first-order valence-electron chi connectivity index (χ1n) is 8.53. The van der Waals surface area contributed by atoms with E-state index in [1.54, 1.807) is 33.8 Å². The van der Waals surface area contributed by atoms with Gasteiger partial charge in [-0.15, -0.1) is 0 Å². The highest BCUT2D eigenvalue weighted by atomic mass is 35.5. The maximum atomic E-state index is 14.4. The van der Waals surface area contributed by atoms with Gasteiger partial charge in [0.05, 0.1) is 45.2 Å². The fourth-order valence-electron chi connectivity index (χ4n) is 3.71. The Bertz CT molecular complexity index is 1120. The van der Waals surface area contributed by atoms with Gasteiger partial charge in [-0.25, -0.2) is 17.8 Å². The van der Waals surface area contributed by atoms with Gasteiger partial charge >= 0.3 is 0 Å². The average Bonchev–Trinajstić information content (AvgIpc) is 3.26. The quantitative estimate of drug-likeness (QED) is 0.665. The Morgan fingerprint density at radius 1 is 1.30 bits per heavy atom. The van der Waals surface area contributed by atoms with Crippen LogP contribution in [0, 0.1) is 19.7 Å². The molecule has 3 heterocycles. The molecule has 0 saturated carbocycles. The van der Waals surface area contributed by atoms with Crippen LogP contribution in [-0.2, 0) is 9.84 Å². The molecule has 0 radical (unpaired) electrons. The molecule has 1 atom stereocenters. The van der Waals surface area contributed by atoms with Gasteiger partial charge in [0.2, 0.25) is 0 Å². The second kappa shape index (κ2) is 6.45. The van der Waals surface area contributed by atoms with Gasteiger partial charge in [-0.2, -0.15) is 5.10 Å². The molecule has 0 N–H and O–H groups in total. The minimum atomic E-state index is -3.03. The predicted octanol–water partition coefficient (Wildman–Crippen LogP) is 3.50. The number of aryl methyl sites for hydroxylation is 1. The summed E-state index contributed by atoms with van der Waals surface area (Å²) in [6.45, 7) is 3.72. The van der Waals surface area contributed by atoms with Crippen molar-refractivity contribution in [1.82, 2.24) is 19.3 Å². The van der Waals surface area contributed by atoms with Crippen LogP contribution in [0.2, 0.25) is 5.02 Å². The zero-order chi connectivity index (χ0) is 19.3. The largest absolute Gasteiger partial charge is 0.296 e. The zero-order valence-corrected chi connectivity index (χ0v) is 16.4. The Balaban J connectivity index is 1.84. The lowest BCUT2D eigenvalue weighted by atomic mass is 10.2. The van der Waals surface area contributed by atoms with Crippen molar-refractivity contribution < 1.29 is 12.8 Å². The number of rotatable bonds is 3. The van der Waals surface area contributed by atoms with Crippen LogP contribution in [0.5, 0.6) is 0 Å². The molecule has 6 nitrogen and oxygen atoms in total. The van der Waals surface area contributed by atoms with E-state index in [9.17, 15) is 12.8 Å². The van der Waals surface area contributed by atoms with Gasteiger partial charge in [0, 0.05) is 12.4 Å². The SMILES string of the molecule is Cc1nn(C2CCS(=O)(=O)C2)c(C)c1-n1ccnc1-c1c(F)cccc1Cl. The van der Waals surface area contributed by atoms with Gasteiger partial charge in [0.15, 0.2) is 9.84 Å². The van der Waals surface area contributed by atoms with Gasteiger partial charge in [-0.05, 0) is 32.4 Å². The lowest BCUT2D eigenvalue weighted by molar-refractivity contribution is 0.485. The third kappa shape index (κ3) is 3.06. The van der Waals surface area contributed by atoms with E-state index < -0.39 is 15.7 Å². The lowest BCUT2D eigenvalue weighted by Gasteiger charge is -2.13. The predicted molar refractivity (Wildman–Crippen MR) is 102 cm³/mol. The van der Waals surface area contributed by atoms with E-state index in [1.165, 1.54) is 6.07 Å². The van der Waals surface area contributed by atoms with Crippen molar-refractivity contribution in [3.8, 4) is 17.1 Å². The smallest absolute Gasteiger partial charge is 0.152 e. The Labute approximate surface area is 161 Å². The Morgan fingerprint density at radius 2 is 2.07 bits per heavy atom. The summed E-state index contributed by atoms with van der Waals surface area (Å²) in [6, 6.07) is 4.31. The fraction of sp³-hybridized carbons (Fsp3) is 0.333. The van der Waals surface area contributed by atoms with Gasteiger partial charge in [0.1, 0.15) is 11.6 Å². The van der Waals surface area contributed by atoms with E-state index in [1.807, 2.05) is 13.8 Å². The molecule has 27 heavy (non-hydrogen) atoms. The number of nitrogens with zero attached hydrogens (tertiary/aromatic N) is 4. The molecule has 0 aliphatic carbocycles. The first-order chi connectivity index (χ1) is 12.8. The zero-order valence-electron chi connectivity index (χ0n) is 14.9. The van der Waals surface area contributed by atoms with Gasteiger partial charge in [-0.1, -0.05) is 17.7 Å². The highest BCUT2D eigenvalue weighted by molar-refractivity contribution is 7.91. The minimum Gasteiger partial charge on any atom is -0.296 e. The normalized spacial score (nSPS) is 18.9. The molecule has 142 valence electrons. The Hall–Kier alpha value is -2.19. The molecule has 2 aromatic heterocycles. The fourth-order valence-corrected chi connectivity index (χ4v) is 5.65. The number of benzene rings is 1. The maximum Gasteiger partial charge on any atom is 0.152 e. The molecule has 4 rings (SSSR count). The summed E-state index contributed by atoms with van der Waals surface area (Å²) in [5.41, 5.74) is 2.50. The molecule has 1 aromatic carbocycles. The third-order valence-electron chi connectivity index (χ3n) is 4.91. The topological polar surface area (TPSA) is 69.8 Å². The van der Waals surface area contributed by atoms with Crippen molar-refractivity contribution in [3.63, 3.8) is 0 Å². The van der Waals surface area contributed by atoms with Crippen LogP contribution in [0.4, 0.5) is 4.39 Å². The molecule has 3 aromatic rings. The first-order valence-corrected chi connectivity index (χ1v) is 10.7. The summed E-state index contributed by atoms with van der Waals surface area (Å²) in [5, 5.41) is 4.84. The molecule has 1 saturated heterocycles. The third-order valence-corrected chi connectivity index (χ3v) is 6.97. The van der Waals surface area contributed by atoms with E-state index in [2.05, 4.69) is 10.1 Å². The molecule has 0 amide bonds. The van der Waals surface area contributed by atoms with E-state index in [0.29, 0.717) is 17.9 Å². The van der Waals surface area contributed by atoms with E-state index in [-0.39, 0.29) is 28.1 Å². The van der Waals surface area contributed by atoms with Crippen LogP contribution in [0.25, 0.3) is 17.1 Å². The van der Waals surface area contributed by atoms with Crippen molar-refractivity contribution in [2.75, 3.05) is 11.5 Å². The van der Waals surface area contributed by atoms with Gasteiger partial charge in [-0.3, -0.25) is 9.25 Å². The van der Waals surface area contributed by atoms with Crippen LogP contribution in [0.15, 0.2) is 30.6 Å². The van der Waals surface area contributed by atoms with Crippen LogP contribution < -0.4 is 0 Å². The van der Waals surface area contributed by atoms with E-state index in [0.717, 1.165) is 11.4 Å². The molecule has 0 spiro atoms. The number of hydrogen-bond acceptors (Lipinski definition) is 4.